The Hall–Kier alpha value is -1.30. The van der Waals surface area contributed by atoms with Crippen molar-refractivity contribution in [1.82, 2.24) is 5.32 Å². The van der Waals surface area contributed by atoms with Crippen molar-refractivity contribution in [2.75, 3.05) is 20.8 Å². The number of hydrogen-bond donors (Lipinski definition) is 1. The Morgan fingerprint density at radius 1 is 1.06 bits per heavy atom. The summed E-state index contributed by atoms with van der Waals surface area (Å²) < 4.78 is 28.3. The molecule has 10 nitrogen and oxygen atoms in total. The maximum atomic E-state index is 12.6. The standard InChI is InChI=1S/C23H37NO9/c1-13-6-7-16-14(2)20(29-18(26)9-8-17(25)24-12-19(27-4)28-5)30-21-23(16)15(13)10-11-22(3,31-21)32-33-23/h13-16,19-21H,6-12H2,1-5H3,(H,24,25)/t13-,14-,15+,16-,20-,21-,22-,23-/m1/s1. The van der Waals surface area contributed by atoms with Gasteiger partial charge < -0.3 is 29.0 Å². The van der Waals surface area contributed by atoms with Gasteiger partial charge in [-0.25, -0.2) is 9.78 Å². The molecule has 0 aromatic heterocycles. The molecule has 4 aliphatic heterocycles. The Balaban J connectivity index is 1.38. The number of methoxy groups -OCH3 is 2. The van der Waals surface area contributed by atoms with Crippen LogP contribution in [0, 0.1) is 23.7 Å². The lowest BCUT2D eigenvalue weighted by atomic mass is 9.58. The highest BCUT2D eigenvalue weighted by Crippen LogP contribution is 2.60. The van der Waals surface area contributed by atoms with Crippen LogP contribution in [0.5, 0.6) is 0 Å². The van der Waals surface area contributed by atoms with E-state index in [1.807, 2.05) is 13.8 Å². The molecular weight excluding hydrogens is 434 g/mol. The van der Waals surface area contributed by atoms with Crippen LogP contribution in [-0.4, -0.2) is 62.9 Å². The summed E-state index contributed by atoms with van der Waals surface area (Å²) in [6.07, 6.45) is 1.61. The smallest absolute Gasteiger partial charge is 0.308 e. The van der Waals surface area contributed by atoms with Gasteiger partial charge in [-0.3, -0.25) is 9.59 Å². The molecule has 0 unspecified atom stereocenters. The van der Waals surface area contributed by atoms with E-state index in [0.29, 0.717) is 5.92 Å². The zero-order valence-corrected chi connectivity index (χ0v) is 20.2. The minimum atomic E-state index is -0.882. The predicted molar refractivity (Wildman–Crippen MR) is 113 cm³/mol. The van der Waals surface area contributed by atoms with Crippen molar-refractivity contribution in [3.05, 3.63) is 0 Å². The van der Waals surface area contributed by atoms with E-state index < -0.39 is 36.2 Å². The molecule has 0 radical (unpaired) electrons. The molecule has 5 rings (SSSR count). The molecule has 188 valence electrons. The van der Waals surface area contributed by atoms with Crippen LogP contribution in [0.1, 0.15) is 59.3 Å². The Bertz CT molecular complexity index is 731. The van der Waals surface area contributed by atoms with Gasteiger partial charge in [0.2, 0.25) is 18.0 Å². The summed E-state index contributed by atoms with van der Waals surface area (Å²) in [5.41, 5.74) is -0.699. The number of hydrogen-bond acceptors (Lipinski definition) is 9. The second-order valence-electron chi connectivity index (χ2n) is 9.97. The number of carbonyl (C=O) groups excluding carboxylic acids is 2. The van der Waals surface area contributed by atoms with E-state index in [1.54, 1.807) is 0 Å². The van der Waals surface area contributed by atoms with Crippen molar-refractivity contribution in [3.63, 3.8) is 0 Å². The van der Waals surface area contributed by atoms with Gasteiger partial charge >= 0.3 is 5.97 Å². The zero-order chi connectivity index (χ0) is 23.8. The summed E-state index contributed by atoms with van der Waals surface area (Å²) in [4.78, 5) is 36.5. The molecule has 1 N–H and O–H groups in total. The van der Waals surface area contributed by atoms with E-state index in [-0.39, 0.29) is 43.0 Å². The molecule has 10 heteroatoms. The van der Waals surface area contributed by atoms with Gasteiger partial charge in [0, 0.05) is 38.9 Å². The normalized spacial score (nSPS) is 41.9. The number of esters is 1. The van der Waals surface area contributed by atoms with E-state index in [9.17, 15) is 9.59 Å². The first-order chi connectivity index (χ1) is 15.7. The lowest BCUT2D eigenvalue weighted by molar-refractivity contribution is -0.576. The van der Waals surface area contributed by atoms with Crippen LogP contribution in [0.25, 0.3) is 0 Å². The number of rotatable bonds is 8. The summed E-state index contributed by atoms with van der Waals surface area (Å²) in [5.74, 6) is -0.982. The largest absolute Gasteiger partial charge is 0.435 e. The summed E-state index contributed by atoms with van der Waals surface area (Å²) in [7, 11) is 2.98. The van der Waals surface area contributed by atoms with Crippen LogP contribution in [0.15, 0.2) is 0 Å². The third-order valence-corrected chi connectivity index (χ3v) is 7.89. The molecule has 1 amide bonds. The highest BCUT2D eigenvalue weighted by Gasteiger charge is 2.69. The highest BCUT2D eigenvalue weighted by atomic mass is 17.3. The molecule has 0 aromatic rings. The van der Waals surface area contributed by atoms with Crippen molar-refractivity contribution < 1.29 is 43.0 Å². The molecular formula is C23H37NO9. The van der Waals surface area contributed by atoms with Gasteiger partial charge in [-0.15, -0.1) is 0 Å². The number of amides is 1. The Morgan fingerprint density at radius 2 is 1.82 bits per heavy atom. The quantitative estimate of drug-likeness (QED) is 0.324. The zero-order valence-electron chi connectivity index (χ0n) is 20.2. The second-order valence-corrected chi connectivity index (χ2v) is 9.97. The fourth-order valence-electron chi connectivity index (χ4n) is 5.96. The lowest BCUT2D eigenvalue weighted by Gasteiger charge is -2.59. The summed E-state index contributed by atoms with van der Waals surface area (Å²) in [6.45, 7) is 6.33. The van der Waals surface area contributed by atoms with Gasteiger partial charge in [0.15, 0.2) is 18.2 Å². The maximum Gasteiger partial charge on any atom is 0.308 e. The van der Waals surface area contributed by atoms with Gasteiger partial charge in [0.1, 0.15) is 0 Å². The van der Waals surface area contributed by atoms with Gasteiger partial charge in [0.05, 0.1) is 13.0 Å². The van der Waals surface area contributed by atoms with E-state index in [1.165, 1.54) is 14.2 Å². The summed E-state index contributed by atoms with van der Waals surface area (Å²) in [5, 5.41) is 2.67. The number of carbonyl (C=O) groups is 2. The molecule has 5 fully saturated rings. The molecule has 4 saturated heterocycles. The topological polar surface area (TPSA) is 111 Å². The highest BCUT2D eigenvalue weighted by molar-refractivity contribution is 5.81. The minimum absolute atomic E-state index is 0.00197. The van der Waals surface area contributed by atoms with Crippen LogP contribution in [0.4, 0.5) is 0 Å². The van der Waals surface area contributed by atoms with Crippen LogP contribution < -0.4 is 5.32 Å². The van der Waals surface area contributed by atoms with Crippen molar-refractivity contribution in [2.24, 2.45) is 23.7 Å². The fourth-order valence-corrected chi connectivity index (χ4v) is 5.96. The summed E-state index contributed by atoms with van der Waals surface area (Å²) >= 11 is 0. The molecule has 4 heterocycles. The molecule has 1 aliphatic carbocycles. The number of ether oxygens (including phenoxy) is 5. The van der Waals surface area contributed by atoms with E-state index in [4.69, 9.17) is 33.5 Å². The molecule has 1 saturated carbocycles. The van der Waals surface area contributed by atoms with Crippen molar-refractivity contribution in [3.8, 4) is 0 Å². The van der Waals surface area contributed by atoms with Crippen molar-refractivity contribution in [2.45, 2.75) is 89.6 Å². The average Bonchev–Trinajstić information content (AvgIpc) is 3.02. The summed E-state index contributed by atoms with van der Waals surface area (Å²) in [6, 6.07) is 0. The molecule has 1 spiro atoms. The van der Waals surface area contributed by atoms with E-state index in [0.717, 1.165) is 25.7 Å². The average molecular weight is 472 g/mol. The van der Waals surface area contributed by atoms with Crippen LogP contribution in [-0.2, 0) is 43.0 Å². The first-order valence-electron chi connectivity index (χ1n) is 11.9. The predicted octanol–water partition coefficient (Wildman–Crippen LogP) is 2.25. The van der Waals surface area contributed by atoms with Gasteiger partial charge in [-0.1, -0.05) is 13.8 Å². The fraction of sp³-hybridized carbons (Fsp3) is 0.913. The SMILES string of the molecule is COC(CNC(=O)CCC(=O)O[C@@H]1O[C@@H]2O[C@@]3(C)CC[C@H]4[C@H](C)CC[C@H]([C@H]1C)[C@@]24OO3)OC. The van der Waals surface area contributed by atoms with E-state index in [2.05, 4.69) is 12.2 Å². The molecule has 33 heavy (non-hydrogen) atoms. The van der Waals surface area contributed by atoms with Gasteiger partial charge in [-0.05, 0) is 38.0 Å². The maximum absolute atomic E-state index is 12.6. The second kappa shape index (κ2) is 9.75. The molecule has 0 aromatic carbocycles. The first kappa shape index (κ1) is 24.8. The third-order valence-electron chi connectivity index (χ3n) is 7.89. The Kier molecular flexibility index (Phi) is 7.33. The van der Waals surface area contributed by atoms with Crippen LogP contribution in [0.2, 0.25) is 0 Å². The molecule has 8 atom stereocenters. The number of nitrogens with one attached hydrogen (secondary N) is 1. The van der Waals surface area contributed by atoms with Crippen molar-refractivity contribution >= 4 is 11.9 Å². The Labute approximate surface area is 194 Å². The Morgan fingerprint density at radius 3 is 2.55 bits per heavy atom. The monoisotopic (exact) mass is 471 g/mol. The first-order valence-corrected chi connectivity index (χ1v) is 11.9. The van der Waals surface area contributed by atoms with Gasteiger partial charge in [0.25, 0.3) is 0 Å². The minimum Gasteiger partial charge on any atom is -0.435 e. The van der Waals surface area contributed by atoms with E-state index >= 15 is 0 Å². The third kappa shape index (κ3) is 4.66. The van der Waals surface area contributed by atoms with Crippen LogP contribution >= 0.6 is 0 Å². The lowest BCUT2D eigenvalue weighted by Crippen LogP contribution is -2.70. The molecule has 2 bridgehead atoms. The van der Waals surface area contributed by atoms with Crippen LogP contribution in [0.3, 0.4) is 0 Å². The molecule has 5 aliphatic rings. The number of fused-ring (bicyclic) bond motifs is 2. The van der Waals surface area contributed by atoms with Gasteiger partial charge in [-0.2, -0.15) is 0 Å². The van der Waals surface area contributed by atoms with Crippen molar-refractivity contribution in [1.29, 1.82) is 0 Å².